The number of hydrogen-bond donors (Lipinski definition) is 1. The summed E-state index contributed by atoms with van der Waals surface area (Å²) in [5.74, 6) is 0. The molecule has 0 unspecified atom stereocenters. The molecule has 1 N–H and O–H groups in total. The Labute approximate surface area is 112 Å². The second-order valence-electron chi connectivity index (χ2n) is 5.78. The number of unbranched alkanes of at least 4 members (excludes halogenated alkanes) is 1. The van der Waals surface area contributed by atoms with Gasteiger partial charge >= 0.3 is 0 Å². The van der Waals surface area contributed by atoms with Crippen molar-refractivity contribution in [2.24, 2.45) is 0 Å². The van der Waals surface area contributed by atoms with Gasteiger partial charge < -0.3 is 4.98 Å². The number of fused-ring (bicyclic) bond motifs is 2. The highest BCUT2D eigenvalue weighted by Crippen LogP contribution is 2.27. The number of nitrogens with zero attached hydrogens (tertiary/aromatic N) is 3. The fraction of sp³-hybridized carbons (Fsp3) is 0.467. The molecule has 3 aromatic heterocycles. The summed E-state index contributed by atoms with van der Waals surface area (Å²) in [5.41, 5.74) is 3.04. The van der Waals surface area contributed by atoms with Crippen LogP contribution in [0.4, 0.5) is 0 Å². The number of rotatable bonds is 4. The van der Waals surface area contributed by atoms with Gasteiger partial charge in [0.05, 0.1) is 17.3 Å². The lowest BCUT2D eigenvalue weighted by Gasteiger charge is -2.26. The summed E-state index contributed by atoms with van der Waals surface area (Å²) in [5, 5.41) is 5.70. The topological polar surface area (TPSA) is 46.5 Å². The third-order valence-electron chi connectivity index (χ3n) is 3.78. The van der Waals surface area contributed by atoms with Gasteiger partial charge in [0, 0.05) is 11.6 Å². The average Bonchev–Trinajstić information content (AvgIpc) is 2.98. The van der Waals surface area contributed by atoms with E-state index in [1.807, 2.05) is 12.4 Å². The summed E-state index contributed by atoms with van der Waals surface area (Å²) >= 11 is 0. The molecule has 0 spiro atoms. The number of aromatic amines is 1. The summed E-state index contributed by atoms with van der Waals surface area (Å²) < 4.78 is 2.12. The molecule has 4 heteroatoms. The van der Waals surface area contributed by atoms with Gasteiger partial charge in [-0.15, -0.1) is 0 Å². The van der Waals surface area contributed by atoms with Crippen LogP contribution in [0.5, 0.6) is 0 Å². The Morgan fingerprint density at radius 1 is 1.37 bits per heavy atom. The standard InChI is InChI=1S/C15H20N4/c1-4-5-7-15(2,3)19-13-9-11-6-8-16-14(11)18-12(13)10-17-19/h6,8-10H,4-5,7H2,1-3H3,(H,16,18). The SMILES string of the molecule is CCCCC(C)(C)n1ncc2nc3[nH]ccc3cc21. The zero-order valence-corrected chi connectivity index (χ0v) is 11.8. The van der Waals surface area contributed by atoms with Crippen LogP contribution in [0.25, 0.3) is 22.1 Å². The molecule has 3 rings (SSSR count). The van der Waals surface area contributed by atoms with E-state index in [-0.39, 0.29) is 5.54 Å². The normalized spacial score (nSPS) is 12.6. The van der Waals surface area contributed by atoms with Gasteiger partial charge in [0.25, 0.3) is 0 Å². The molecule has 0 aliphatic heterocycles. The molecule has 0 aromatic carbocycles. The summed E-state index contributed by atoms with van der Waals surface area (Å²) in [4.78, 5) is 7.76. The first-order valence-corrected chi connectivity index (χ1v) is 6.94. The van der Waals surface area contributed by atoms with Crippen molar-refractivity contribution in [2.45, 2.75) is 45.6 Å². The van der Waals surface area contributed by atoms with Crippen LogP contribution in [-0.2, 0) is 5.54 Å². The molecule has 0 saturated carbocycles. The van der Waals surface area contributed by atoms with Gasteiger partial charge in [-0.3, -0.25) is 4.68 Å². The lowest BCUT2D eigenvalue weighted by atomic mass is 9.97. The number of nitrogens with one attached hydrogen (secondary N) is 1. The molecule has 0 saturated heterocycles. The highest BCUT2D eigenvalue weighted by Gasteiger charge is 2.23. The van der Waals surface area contributed by atoms with Crippen LogP contribution in [0.15, 0.2) is 24.5 Å². The van der Waals surface area contributed by atoms with Crippen molar-refractivity contribution in [3.05, 3.63) is 24.5 Å². The molecule has 0 aliphatic rings. The summed E-state index contributed by atoms with van der Waals surface area (Å²) in [6.45, 7) is 6.72. The highest BCUT2D eigenvalue weighted by molar-refractivity contribution is 5.89. The zero-order valence-electron chi connectivity index (χ0n) is 11.8. The van der Waals surface area contributed by atoms with Crippen LogP contribution in [0.2, 0.25) is 0 Å². The van der Waals surface area contributed by atoms with Gasteiger partial charge in [-0.2, -0.15) is 5.10 Å². The molecular weight excluding hydrogens is 236 g/mol. The molecular formula is C15H20N4. The van der Waals surface area contributed by atoms with Gasteiger partial charge in [-0.25, -0.2) is 4.98 Å². The van der Waals surface area contributed by atoms with Crippen LogP contribution >= 0.6 is 0 Å². The van der Waals surface area contributed by atoms with Gasteiger partial charge in [0.2, 0.25) is 0 Å². The molecule has 100 valence electrons. The van der Waals surface area contributed by atoms with E-state index in [0.717, 1.165) is 28.5 Å². The van der Waals surface area contributed by atoms with E-state index in [1.54, 1.807) is 0 Å². The van der Waals surface area contributed by atoms with E-state index >= 15 is 0 Å². The molecule has 0 atom stereocenters. The fourth-order valence-electron chi connectivity index (χ4n) is 2.62. The number of pyridine rings is 1. The number of aromatic nitrogens is 4. The van der Waals surface area contributed by atoms with E-state index in [4.69, 9.17) is 0 Å². The van der Waals surface area contributed by atoms with Crippen LogP contribution < -0.4 is 0 Å². The minimum Gasteiger partial charge on any atom is -0.346 e. The highest BCUT2D eigenvalue weighted by atomic mass is 15.3. The van der Waals surface area contributed by atoms with E-state index in [9.17, 15) is 0 Å². The zero-order chi connectivity index (χ0) is 13.5. The second kappa shape index (κ2) is 4.37. The maximum atomic E-state index is 4.61. The van der Waals surface area contributed by atoms with Crippen molar-refractivity contribution < 1.29 is 0 Å². The first-order chi connectivity index (χ1) is 9.12. The summed E-state index contributed by atoms with van der Waals surface area (Å²) in [6.07, 6.45) is 7.35. The molecule has 0 amide bonds. The van der Waals surface area contributed by atoms with Crippen molar-refractivity contribution >= 4 is 22.1 Å². The largest absolute Gasteiger partial charge is 0.346 e. The van der Waals surface area contributed by atoms with Crippen molar-refractivity contribution in [2.75, 3.05) is 0 Å². The molecule has 0 fully saturated rings. The van der Waals surface area contributed by atoms with Gasteiger partial charge in [-0.1, -0.05) is 19.8 Å². The van der Waals surface area contributed by atoms with Crippen LogP contribution in [0, 0.1) is 0 Å². The minimum absolute atomic E-state index is 0.0312. The third kappa shape index (κ3) is 2.01. The Hall–Kier alpha value is -1.84. The lowest BCUT2D eigenvalue weighted by Crippen LogP contribution is -2.27. The van der Waals surface area contributed by atoms with Crippen LogP contribution in [0.1, 0.15) is 40.0 Å². The first kappa shape index (κ1) is 12.2. The Bertz CT molecular complexity index is 705. The molecule has 0 aliphatic carbocycles. The van der Waals surface area contributed by atoms with E-state index in [2.05, 4.69) is 52.7 Å². The lowest BCUT2D eigenvalue weighted by molar-refractivity contribution is 0.297. The molecule has 4 nitrogen and oxygen atoms in total. The van der Waals surface area contributed by atoms with Gasteiger partial charge in [0.15, 0.2) is 0 Å². The Kier molecular flexibility index (Phi) is 2.81. The smallest absolute Gasteiger partial charge is 0.138 e. The monoisotopic (exact) mass is 256 g/mol. The second-order valence-corrected chi connectivity index (χ2v) is 5.78. The third-order valence-corrected chi connectivity index (χ3v) is 3.78. The maximum absolute atomic E-state index is 4.61. The predicted octanol–water partition coefficient (Wildman–Crippen LogP) is 3.84. The Morgan fingerprint density at radius 2 is 2.21 bits per heavy atom. The van der Waals surface area contributed by atoms with Crippen molar-refractivity contribution in [3.63, 3.8) is 0 Å². The molecule has 0 radical (unpaired) electrons. The van der Waals surface area contributed by atoms with E-state index < -0.39 is 0 Å². The van der Waals surface area contributed by atoms with Crippen LogP contribution in [0.3, 0.4) is 0 Å². The summed E-state index contributed by atoms with van der Waals surface area (Å²) in [7, 11) is 0. The summed E-state index contributed by atoms with van der Waals surface area (Å²) in [6, 6.07) is 4.23. The first-order valence-electron chi connectivity index (χ1n) is 6.94. The van der Waals surface area contributed by atoms with Gasteiger partial charge in [0.1, 0.15) is 11.2 Å². The molecule has 3 aromatic rings. The molecule has 3 heterocycles. The van der Waals surface area contributed by atoms with Crippen molar-refractivity contribution in [1.29, 1.82) is 0 Å². The molecule has 19 heavy (non-hydrogen) atoms. The quantitative estimate of drug-likeness (QED) is 0.771. The number of H-pyrrole nitrogens is 1. The predicted molar refractivity (Wildman–Crippen MR) is 78.2 cm³/mol. The number of hydrogen-bond acceptors (Lipinski definition) is 2. The van der Waals surface area contributed by atoms with E-state index in [1.165, 1.54) is 12.8 Å². The minimum atomic E-state index is 0.0312. The fourth-order valence-corrected chi connectivity index (χ4v) is 2.62. The van der Waals surface area contributed by atoms with Crippen molar-refractivity contribution in [3.8, 4) is 0 Å². The average molecular weight is 256 g/mol. The Balaban J connectivity index is 2.12. The maximum Gasteiger partial charge on any atom is 0.138 e. The Morgan fingerprint density at radius 3 is 3.00 bits per heavy atom. The van der Waals surface area contributed by atoms with Crippen molar-refractivity contribution in [1.82, 2.24) is 19.7 Å². The molecule has 0 bridgehead atoms. The van der Waals surface area contributed by atoms with Gasteiger partial charge in [-0.05, 0) is 32.4 Å². The van der Waals surface area contributed by atoms with Crippen LogP contribution in [-0.4, -0.2) is 19.7 Å². The van der Waals surface area contributed by atoms with E-state index in [0.29, 0.717) is 0 Å².